The summed E-state index contributed by atoms with van der Waals surface area (Å²) >= 11 is 0. The van der Waals surface area contributed by atoms with E-state index in [0.717, 1.165) is 19.5 Å². The normalized spacial score (nSPS) is 30.4. The summed E-state index contributed by atoms with van der Waals surface area (Å²) in [5.74, 6) is 1.55. The van der Waals surface area contributed by atoms with E-state index < -0.39 is 0 Å². The second kappa shape index (κ2) is 8.63. The summed E-state index contributed by atoms with van der Waals surface area (Å²) in [6, 6.07) is 0. The molecular formula is C16H30N2O2. The number of hydrogen-bond acceptors (Lipinski definition) is 3. The molecule has 2 rings (SSSR count). The van der Waals surface area contributed by atoms with Crippen molar-refractivity contribution in [2.45, 2.75) is 58.0 Å². The predicted molar refractivity (Wildman–Crippen MR) is 80.6 cm³/mol. The third-order valence-electron chi connectivity index (χ3n) is 4.73. The number of ether oxygens (including phenoxy) is 1. The number of carbonyl (C=O) groups is 1. The van der Waals surface area contributed by atoms with Gasteiger partial charge in [0, 0.05) is 13.0 Å². The third-order valence-corrected chi connectivity index (χ3v) is 4.73. The topological polar surface area (TPSA) is 50.4 Å². The maximum absolute atomic E-state index is 11.7. The highest BCUT2D eigenvalue weighted by Crippen LogP contribution is 2.25. The number of hydrogen-bond donors (Lipinski definition) is 2. The van der Waals surface area contributed by atoms with Gasteiger partial charge in [0.05, 0.1) is 12.7 Å². The Kier molecular flexibility index (Phi) is 6.80. The average Bonchev–Trinajstić information content (AvgIpc) is 2.96. The van der Waals surface area contributed by atoms with Crippen LogP contribution in [-0.4, -0.2) is 38.3 Å². The minimum Gasteiger partial charge on any atom is -0.376 e. The molecule has 2 aliphatic rings. The molecule has 4 heteroatoms. The zero-order valence-corrected chi connectivity index (χ0v) is 12.8. The first-order valence-electron chi connectivity index (χ1n) is 8.34. The minimum absolute atomic E-state index is 0.178. The molecule has 20 heavy (non-hydrogen) atoms. The lowest BCUT2D eigenvalue weighted by atomic mass is 9.88. The summed E-state index contributed by atoms with van der Waals surface area (Å²) in [6.07, 6.45) is 8.40. The predicted octanol–water partition coefficient (Wildman–Crippen LogP) is 2.09. The third kappa shape index (κ3) is 5.41. The molecule has 2 N–H and O–H groups in total. The van der Waals surface area contributed by atoms with Gasteiger partial charge in [-0.3, -0.25) is 4.79 Å². The fraction of sp³-hybridized carbons (Fsp3) is 0.938. The quantitative estimate of drug-likeness (QED) is 0.703. The van der Waals surface area contributed by atoms with E-state index in [2.05, 4.69) is 17.6 Å². The minimum atomic E-state index is 0.178. The van der Waals surface area contributed by atoms with Gasteiger partial charge in [-0.05, 0) is 50.6 Å². The molecule has 0 radical (unpaired) electrons. The van der Waals surface area contributed by atoms with Crippen LogP contribution in [0.15, 0.2) is 0 Å². The van der Waals surface area contributed by atoms with Gasteiger partial charge in [0.25, 0.3) is 0 Å². The molecule has 1 heterocycles. The number of carbonyl (C=O) groups excluding carboxylic acids is 1. The molecule has 1 saturated heterocycles. The van der Waals surface area contributed by atoms with Crippen LogP contribution in [0.5, 0.6) is 0 Å². The van der Waals surface area contributed by atoms with Crippen molar-refractivity contribution in [1.82, 2.24) is 10.6 Å². The molecule has 4 nitrogen and oxygen atoms in total. The first-order valence-corrected chi connectivity index (χ1v) is 8.34. The Morgan fingerprint density at radius 2 is 2.15 bits per heavy atom. The smallest absolute Gasteiger partial charge is 0.220 e. The molecule has 0 aromatic carbocycles. The van der Waals surface area contributed by atoms with Gasteiger partial charge in [0.2, 0.25) is 5.91 Å². The molecule has 3 unspecified atom stereocenters. The lowest BCUT2D eigenvalue weighted by Gasteiger charge is -2.28. The highest BCUT2D eigenvalue weighted by molar-refractivity contribution is 5.75. The molecule has 0 bridgehead atoms. The van der Waals surface area contributed by atoms with Gasteiger partial charge >= 0.3 is 0 Å². The van der Waals surface area contributed by atoms with Crippen molar-refractivity contribution in [1.29, 1.82) is 0 Å². The van der Waals surface area contributed by atoms with Gasteiger partial charge in [-0.15, -0.1) is 0 Å². The number of rotatable bonds is 7. The number of nitrogens with one attached hydrogen (secondary N) is 2. The SMILES string of the molecule is CC1CCCCC1OCCNC(=O)CCC1CCNC1. The highest BCUT2D eigenvalue weighted by Gasteiger charge is 2.21. The van der Waals surface area contributed by atoms with Crippen LogP contribution in [0, 0.1) is 11.8 Å². The molecule has 1 aliphatic carbocycles. The lowest BCUT2D eigenvalue weighted by molar-refractivity contribution is -0.121. The molecular weight excluding hydrogens is 252 g/mol. The molecule has 2 fully saturated rings. The molecule has 1 saturated carbocycles. The van der Waals surface area contributed by atoms with Crippen molar-refractivity contribution in [3.05, 3.63) is 0 Å². The van der Waals surface area contributed by atoms with Gasteiger partial charge in [-0.1, -0.05) is 19.8 Å². The molecule has 116 valence electrons. The Morgan fingerprint density at radius 3 is 2.90 bits per heavy atom. The van der Waals surface area contributed by atoms with Crippen molar-refractivity contribution in [3.63, 3.8) is 0 Å². The maximum Gasteiger partial charge on any atom is 0.220 e. The Balaban J connectivity index is 1.48. The molecule has 0 spiro atoms. The van der Waals surface area contributed by atoms with Crippen molar-refractivity contribution < 1.29 is 9.53 Å². The van der Waals surface area contributed by atoms with Crippen molar-refractivity contribution in [2.75, 3.05) is 26.2 Å². The molecule has 1 aliphatic heterocycles. The Labute approximate surface area is 123 Å². The van der Waals surface area contributed by atoms with E-state index >= 15 is 0 Å². The van der Waals surface area contributed by atoms with Crippen molar-refractivity contribution in [3.8, 4) is 0 Å². The summed E-state index contributed by atoms with van der Waals surface area (Å²) in [7, 11) is 0. The van der Waals surface area contributed by atoms with Crippen LogP contribution in [0.2, 0.25) is 0 Å². The standard InChI is InChI=1S/C16H30N2O2/c1-13-4-2-3-5-15(13)20-11-10-18-16(19)7-6-14-8-9-17-12-14/h13-15,17H,2-12H2,1H3,(H,18,19). The van der Waals surface area contributed by atoms with Gasteiger partial charge in [-0.25, -0.2) is 0 Å². The second-order valence-corrected chi connectivity index (χ2v) is 6.42. The highest BCUT2D eigenvalue weighted by atomic mass is 16.5. The Morgan fingerprint density at radius 1 is 1.30 bits per heavy atom. The largest absolute Gasteiger partial charge is 0.376 e. The van der Waals surface area contributed by atoms with Gasteiger partial charge in [0.15, 0.2) is 0 Å². The zero-order valence-electron chi connectivity index (χ0n) is 12.8. The van der Waals surface area contributed by atoms with E-state index in [9.17, 15) is 4.79 Å². The summed E-state index contributed by atoms with van der Waals surface area (Å²) in [5.41, 5.74) is 0. The van der Waals surface area contributed by atoms with E-state index in [4.69, 9.17) is 4.74 Å². The zero-order chi connectivity index (χ0) is 14.2. The van der Waals surface area contributed by atoms with E-state index in [0.29, 0.717) is 37.5 Å². The summed E-state index contributed by atoms with van der Waals surface area (Å²) in [5, 5.41) is 6.31. The molecule has 1 amide bonds. The van der Waals surface area contributed by atoms with Crippen LogP contribution in [-0.2, 0) is 9.53 Å². The van der Waals surface area contributed by atoms with Gasteiger partial charge < -0.3 is 15.4 Å². The van der Waals surface area contributed by atoms with Crippen LogP contribution in [0.4, 0.5) is 0 Å². The van der Waals surface area contributed by atoms with Crippen molar-refractivity contribution >= 4 is 5.91 Å². The monoisotopic (exact) mass is 282 g/mol. The summed E-state index contributed by atoms with van der Waals surface area (Å²) in [6.45, 7) is 5.78. The van der Waals surface area contributed by atoms with Crippen LogP contribution >= 0.6 is 0 Å². The molecule has 3 atom stereocenters. The van der Waals surface area contributed by atoms with E-state index in [1.807, 2.05) is 0 Å². The van der Waals surface area contributed by atoms with Crippen LogP contribution in [0.1, 0.15) is 51.9 Å². The van der Waals surface area contributed by atoms with Gasteiger partial charge in [0.1, 0.15) is 0 Å². The van der Waals surface area contributed by atoms with Crippen LogP contribution in [0.25, 0.3) is 0 Å². The van der Waals surface area contributed by atoms with Crippen LogP contribution < -0.4 is 10.6 Å². The van der Waals surface area contributed by atoms with Crippen molar-refractivity contribution in [2.24, 2.45) is 11.8 Å². The number of amides is 1. The molecule has 0 aromatic heterocycles. The Bertz CT molecular complexity index is 290. The second-order valence-electron chi connectivity index (χ2n) is 6.42. The molecule has 0 aromatic rings. The average molecular weight is 282 g/mol. The maximum atomic E-state index is 11.7. The fourth-order valence-electron chi connectivity index (χ4n) is 3.32. The first-order chi connectivity index (χ1) is 9.75. The van der Waals surface area contributed by atoms with E-state index in [1.54, 1.807) is 0 Å². The van der Waals surface area contributed by atoms with E-state index in [1.165, 1.54) is 32.1 Å². The van der Waals surface area contributed by atoms with Gasteiger partial charge in [-0.2, -0.15) is 0 Å². The first kappa shape index (κ1) is 15.8. The Hall–Kier alpha value is -0.610. The lowest BCUT2D eigenvalue weighted by Crippen LogP contribution is -2.32. The van der Waals surface area contributed by atoms with Crippen LogP contribution in [0.3, 0.4) is 0 Å². The summed E-state index contributed by atoms with van der Waals surface area (Å²) < 4.78 is 5.90. The fourth-order valence-corrected chi connectivity index (χ4v) is 3.32. The van der Waals surface area contributed by atoms with E-state index in [-0.39, 0.29) is 5.91 Å². The summed E-state index contributed by atoms with van der Waals surface area (Å²) in [4.78, 5) is 11.7.